The van der Waals surface area contributed by atoms with Gasteiger partial charge in [-0.25, -0.2) is 9.67 Å². The van der Waals surface area contributed by atoms with Crippen LogP contribution in [0.2, 0.25) is 0 Å². The van der Waals surface area contributed by atoms with E-state index in [0.717, 1.165) is 18.5 Å². The molecule has 6 heteroatoms. The molecule has 2 aromatic heterocycles. The number of carbonyl (C=O) groups excluding carboxylic acids is 1. The first-order chi connectivity index (χ1) is 11.6. The van der Waals surface area contributed by atoms with E-state index in [1.54, 1.807) is 17.1 Å². The maximum atomic E-state index is 12.6. The van der Waals surface area contributed by atoms with Gasteiger partial charge in [0.1, 0.15) is 0 Å². The summed E-state index contributed by atoms with van der Waals surface area (Å²) in [5.41, 5.74) is 1.12. The van der Waals surface area contributed by atoms with Gasteiger partial charge >= 0.3 is 0 Å². The van der Waals surface area contributed by atoms with Crippen molar-refractivity contribution >= 4 is 5.91 Å². The lowest BCUT2D eigenvalue weighted by atomic mass is 9.83. The summed E-state index contributed by atoms with van der Waals surface area (Å²) in [6, 6.07) is 5.59. The number of aromatic nitrogens is 3. The first kappa shape index (κ1) is 18.1. The summed E-state index contributed by atoms with van der Waals surface area (Å²) >= 11 is 0. The van der Waals surface area contributed by atoms with Crippen molar-refractivity contribution in [3.05, 3.63) is 41.9 Å². The Kier molecular flexibility index (Phi) is 6.09. The SMILES string of the molecule is CCc1c(C(=O)NCC(CC)(CC)CO)cnn1-c1ccccn1. The van der Waals surface area contributed by atoms with Crippen molar-refractivity contribution in [3.8, 4) is 5.82 Å². The van der Waals surface area contributed by atoms with Gasteiger partial charge in [-0.15, -0.1) is 0 Å². The van der Waals surface area contributed by atoms with E-state index in [9.17, 15) is 9.90 Å². The average molecular weight is 330 g/mol. The minimum absolute atomic E-state index is 0.0636. The quantitative estimate of drug-likeness (QED) is 0.778. The third-order valence-electron chi connectivity index (χ3n) is 4.77. The van der Waals surface area contributed by atoms with Crippen molar-refractivity contribution in [1.82, 2.24) is 20.1 Å². The lowest BCUT2D eigenvalue weighted by Crippen LogP contribution is -2.39. The summed E-state index contributed by atoms with van der Waals surface area (Å²) in [6.07, 6.45) is 5.59. The Morgan fingerprint density at radius 3 is 2.58 bits per heavy atom. The Morgan fingerprint density at radius 1 is 1.29 bits per heavy atom. The number of nitrogens with one attached hydrogen (secondary N) is 1. The monoisotopic (exact) mass is 330 g/mol. The summed E-state index contributed by atoms with van der Waals surface area (Å²) < 4.78 is 1.70. The van der Waals surface area contributed by atoms with Crippen molar-refractivity contribution in [1.29, 1.82) is 0 Å². The van der Waals surface area contributed by atoms with Gasteiger partial charge in [-0.05, 0) is 31.4 Å². The second-order valence-corrected chi connectivity index (χ2v) is 6.01. The van der Waals surface area contributed by atoms with Crippen LogP contribution in [0.25, 0.3) is 5.82 Å². The number of aliphatic hydroxyl groups excluding tert-OH is 1. The molecule has 6 nitrogen and oxygen atoms in total. The molecule has 2 rings (SSSR count). The van der Waals surface area contributed by atoms with E-state index in [1.807, 2.05) is 39.0 Å². The summed E-state index contributed by atoms with van der Waals surface area (Å²) in [5.74, 6) is 0.536. The summed E-state index contributed by atoms with van der Waals surface area (Å²) in [7, 11) is 0. The molecule has 0 aromatic carbocycles. The van der Waals surface area contributed by atoms with E-state index in [1.165, 1.54) is 0 Å². The molecule has 0 atom stereocenters. The van der Waals surface area contributed by atoms with Crippen LogP contribution in [0.1, 0.15) is 49.7 Å². The van der Waals surface area contributed by atoms with Crippen LogP contribution < -0.4 is 5.32 Å². The van der Waals surface area contributed by atoms with Gasteiger partial charge in [-0.1, -0.05) is 26.8 Å². The maximum Gasteiger partial charge on any atom is 0.254 e. The molecule has 0 bridgehead atoms. The second kappa shape index (κ2) is 8.06. The minimum Gasteiger partial charge on any atom is -0.396 e. The van der Waals surface area contributed by atoms with Gasteiger partial charge in [0.2, 0.25) is 0 Å². The number of hydrogen-bond donors (Lipinski definition) is 2. The standard InChI is InChI=1S/C18H26N4O2/c1-4-15-14(11-21-22(15)16-9-7-8-10-19-16)17(24)20-12-18(5-2,6-3)13-23/h7-11,23H,4-6,12-13H2,1-3H3,(H,20,24). The molecule has 0 saturated carbocycles. The Morgan fingerprint density at radius 2 is 2.04 bits per heavy atom. The van der Waals surface area contributed by atoms with Crippen LogP contribution in [0.4, 0.5) is 0 Å². The van der Waals surface area contributed by atoms with Crippen molar-refractivity contribution in [3.63, 3.8) is 0 Å². The average Bonchev–Trinajstić information content (AvgIpc) is 3.08. The molecule has 2 aromatic rings. The Bertz CT molecular complexity index is 655. The van der Waals surface area contributed by atoms with Gasteiger partial charge in [0, 0.05) is 18.2 Å². The number of carbonyl (C=O) groups is 1. The summed E-state index contributed by atoms with van der Waals surface area (Å²) in [5, 5.41) is 16.9. The van der Waals surface area contributed by atoms with E-state index < -0.39 is 0 Å². The van der Waals surface area contributed by atoms with Gasteiger partial charge in [0.25, 0.3) is 5.91 Å². The molecule has 0 aliphatic heterocycles. The largest absolute Gasteiger partial charge is 0.396 e. The fourth-order valence-electron chi connectivity index (χ4n) is 2.72. The molecule has 0 aliphatic carbocycles. The zero-order valence-electron chi connectivity index (χ0n) is 14.6. The minimum atomic E-state index is -0.265. The number of nitrogens with zero attached hydrogens (tertiary/aromatic N) is 3. The molecular formula is C18H26N4O2. The zero-order valence-corrected chi connectivity index (χ0v) is 14.6. The van der Waals surface area contributed by atoms with E-state index in [2.05, 4.69) is 15.4 Å². The van der Waals surface area contributed by atoms with E-state index >= 15 is 0 Å². The maximum absolute atomic E-state index is 12.6. The first-order valence-corrected chi connectivity index (χ1v) is 8.48. The topological polar surface area (TPSA) is 80.0 Å². The molecule has 130 valence electrons. The van der Waals surface area contributed by atoms with Crippen LogP contribution in [0.3, 0.4) is 0 Å². The van der Waals surface area contributed by atoms with Crippen LogP contribution in [-0.4, -0.2) is 38.9 Å². The number of rotatable bonds is 8. The highest BCUT2D eigenvalue weighted by atomic mass is 16.3. The summed E-state index contributed by atoms with van der Waals surface area (Å²) in [4.78, 5) is 16.9. The predicted octanol–water partition coefficient (Wildman–Crippen LogP) is 2.36. The number of amides is 1. The summed E-state index contributed by atoms with van der Waals surface area (Å²) in [6.45, 7) is 6.57. The Balaban J connectivity index is 2.20. The van der Waals surface area contributed by atoms with Gasteiger partial charge in [-0.3, -0.25) is 4.79 Å². The fraction of sp³-hybridized carbons (Fsp3) is 0.500. The van der Waals surface area contributed by atoms with Crippen molar-refractivity contribution in [2.24, 2.45) is 5.41 Å². The highest BCUT2D eigenvalue weighted by Crippen LogP contribution is 2.24. The van der Waals surface area contributed by atoms with Gasteiger partial charge in [0.05, 0.1) is 24.1 Å². The lowest BCUT2D eigenvalue weighted by Gasteiger charge is -2.29. The molecule has 24 heavy (non-hydrogen) atoms. The van der Waals surface area contributed by atoms with Crippen LogP contribution in [0.5, 0.6) is 0 Å². The molecular weight excluding hydrogens is 304 g/mol. The highest BCUT2D eigenvalue weighted by Gasteiger charge is 2.27. The van der Waals surface area contributed by atoms with Crippen LogP contribution in [0.15, 0.2) is 30.6 Å². The first-order valence-electron chi connectivity index (χ1n) is 8.48. The number of hydrogen-bond acceptors (Lipinski definition) is 4. The Hall–Kier alpha value is -2.21. The van der Waals surface area contributed by atoms with Crippen molar-refractivity contribution < 1.29 is 9.90 Å². The normalized spacial score (nSPS) is 11.5. The molecule has 0 aliphatic rings. The molecule has 2 N–H and O–H groups in total. The third-order valence-corrected chi connectivity index (χ3v) is 4.77. The van der Waals surface area contributed by atoms with Gasteiger partial charge in [0.15, 0.2) is 5.82 Å². The van der Waals surface area contributed by atoms with E-state index in [0.29, 0.717) is 24.3 Å². The van der Waals surface area contributed by atoms with Crippen LogP contribution in [0, 0.1) is 5.41 Å². The van der Waals surface area contributed by atoms with Crippen LogP contribution >= 0.6 is 0 Å². The zero-order chi connectivity index (χ0) is 17.6. The highest BCUT2D eigenvalue weighted by molar-refractivity contribution is 5.95. The fourth-order valence-corrected chi connectivity index (χ4v) is 2.72. The smallest absolute Gasteiger partial charge is 0.254 e. The van der Waals surface area contributed by atoms with E-state index in [-0.39, 0.29) is 17.9 Å². The molecule has 0 unspecified atom stereocenters. The van der Waals surface area contributed by atoms with Gasteiger partial charge in [-0.2, -0.15) is 5.10 Å². The molecule has 0 spiro atoms. The Labute approximate surface area is 142 Å². The van der Waals surface area contributed by atoms with E-state index in [4.69, 9.17) is 0 Å². The lowest BCUT2D eigenvalue weighted by molar-refractivity contribution is 0.0850. The van der Waals surface area contributed by atoms with Gasteiger partial charge < -0.3 is 10.4 Å². The van der Waals surface area contributed by atoms with Crippen LogP contribution in [-0.2, 0) is 6.42 Å². The second-order valence-electron chi connectivity index (χ2n) is 6.01. The molecule has 0 fully saturated rings. The third kappa shape index (κ3) is 3.64. The number of pyridine rings is 1. The molecule has 1 amide bonds. The predicted molar refractivity (Wildman–Crippen MR) is 93.2 cm³/mol. The molecule has 0 saturated heterocycles. The number of aliphatic hydroxyl groups is 1. The molecule has 0 radical (unpaired) electrons. The molecule has 2 heterocycles. The van der Waals surface area contributed by atoms with Crippen molar-refractivity contribution in [2.75, 3.05) is 13.2 Å². The van der Waals surface area contributed by atoms with Crippen molar-refractivity contribution in [2.45, 2.75) is 40.0 Å².